The van der Waals surface area contributed by atoms with Gasteiger partial charge in [0.2, 0.25) is 0 Å². The lowest BCUT2D eigenvalue weighted by Crippen LogP contribution is -2.21. The van der Waals surface area contributed by atoms with Crippen molar-refractivity contribution < 1.29 is 9.53 Å². The van der Waals surface area contributed by atoms with Crippen LogP contribution in [-0.4, -0.2) is 12.5 Å². The van der Waals surface area contributed by atoms with E-state index in [1.807, 2.05) is 6.92 Å². The fourth-order valence-corrected chi connectivity index (χ4v) is 1.86. The van der Waals surface area contributed by atoms with Crippen LogP contribution >= 0.6 is 11.6 Å². The van der Waals surface area contributed by atoms with Gasteiger partial charge in [-0.05, 0) is 36.8 Å². The zero-order chi connectivity index (χ0) is 14.5. The third-order valence-corrected chi connectivity index (χ3v) is 3.23. The molecular weight excluding hydrogens is 276 g/mol. The first-order valence-corrected chi connectivity index (χ1v) is 6.48. The van der Waals surface area contributed by atoms with Crippen LogP contribution in [0.5, 0.6) is 5.75 Å². The summed E-state index contributed by atoms with van der Waals surface area (Å²) in [5.74, 6) is 0.226. The minimum absolute atomic E-state index is 0.111. The van der Waals surface area contributed by atoms with Gasteiger partial charge in [-0.3, -0.25) is 4.79 Å². The van der Waals surface area contributed by atoms with E-state index in [1.54, 1.807) is 42.5 Å². The molecule has 0 unspecified atom stereocenters. The predicted octanol–water partition coefficient (Wildman–Crippen LogP) is 3.25. The quantitative estimate of drug-likeness (QED) is 0.850. The number of carbonyl (C=O) groups is 1. The SMILES string of the molecule is Cc1c(Cl)cccc1NC(=O)COc1ccccc1N. The van der Waals surface area contributed by atoms with Crippen molar-refractivity contribution >= 4 is 28.9 Å². The normalized spacial score (nSPS) is 10.1. The minimum Gasteiger partial charge on any atom is -0.482 e. The van der Waals surface area contributed by atoms with Crippen LogP contribution in [0, 0.1) is 6.92 Å². The molecule has 0 aliphatic carbocycles. The van der Waals surface area contributed by atoms with Gasteiger partial charge in [0.15, 0.2) is 6.61 Å². The number of ether oxygens (including phenoxy) is 1. The van der Waals surface area contributed by atoms with Gasteiger partial charge in [0.25, 0.3) is 5.91 Å². The number of carbonyl (C=O) groups excluding carboxylic acids is 1. The van der Waals surface area contributed by atoms with Gasteiger partial charge in [0, 0.05) is 10.7 Å². The van der Waals surface area contributed by atoms with Gasteiger partial charge in [-0.25, -0.2) is 0 Å². The zero-order valence-electron chi connectivity index (χ0n) is 11.0. The van der Waals surface area contributed by atoms with Crippen molar-refractivity contribution in [2.24, 2.45) is 0 Å². The topological polar surface area (TPSA) is 64.3 Å². The molecule has 20 heavy (non-hydrogen) atoms. The Kier molecular flexibility index (Phi) is 4.48. The molecule has 2 rings (SSSR count). The summed E-state index contributed by atoms with van der Waals surface area (Å²) in [6, 6.07) is 12.4. The highest BCUT2D eigenvalue weighted by Crippen LogP contribution is 2.23. The van der Waals surface area contributed by atoms with Gasteiger partial charge in [0.05, 0.1) is 5.69 Å². The zero-order valence-corrected chi connectivity index (χ0v) is 11.8. The smallest absolute Gasteiger partial charge is 0.262 e. The molecule has 3 N–H and O–H groups in total. The molecule has 0 aromatic heterocycles. The second-order valence-electron chi connectivity index (χ2n) is 4.29. The number of amides is 1. The van der Waals surface area contributed by atoms with E-state index in [4.69, 9.17) is 22.1 Å². The van der Waals surface area contributed by atoms with Gasteiger partial charge in [-0.1, -0.05) is 29.8 Å². The van der Waals surface area contributed by atoms with Gasteiger partial charge in [-0.2, -0.15) is 0 Å². The van der Waals surface area contributed by atoms with E-state index >= 15 is 0 Å². The van der Waals surface area contributed by atoms with Gasteiger partial charge in [0.1, 0.15) is 5.75 Å². The molecule has 0 saturated heterocycles. The van der Waals surface area contributed by atoms with Crippen LogP contribution in [0.15, 0.2) is 42.5 Å². The number of nitrogens with one attached hydrogen (secondary N) is 1. The molecule has 0 heterocycles. The summed E-state index contributed by atoms with van der Waals surface area (Å²) in [5.41, 5.74) is 7.72. The predicted molar refractivity (Wildman–Crippen MR) is 81.2 cm³/mol. The Morgan fingerprint density at radius 2 is 2.00 bits per heavy atom. The maximum atomic E-state index is 11.8. The molecule has 2 aromatic rings. The molecule has 104 valence electrons. The first-order valence-electron chi connectivity index (χ1n) is 6.10. The van der Waals surface area contributed by atoms with Crippen LogP contribution in [0.3, 0.4) is 0 Å². The summed E-state index contributed by atoms with van der Waals surface area (Å²) in [7, 11) is 0. The Labute approximate surface area is 122 Å². The standard InChI is InChI=1S/C15H15ClN2O2/c1-10-11(16)5-4-7-13(10)18-15(19)9-20-14-8-3-2-6-12(14)17/h2-8H,9,17H2,1H3,(H,18,19). The number of hydrogen-bond donors (Lipinski definition) is 2. The van der Waals surface area contributed by atoms with Crippen molar-refractivity contribution in [3.63, 3.8) is 0 Å². The molecule has 0 radical (unpaired) electrons. The van der Waals surface area contributed by atoms with Gasteiger partial charge in [-0.15, -0.1) is 0 Å². The van der Waals surface area contributed by atoms with Crippen molar-refractivity contribution in [2.75, 3.05) is 17.7 Å². The van der Waals surface area contributed by atoms with Crippen molar-refractivity contribution in [3.05, 3.63) is 53.1 Å². The maximum Gasteiger partial charge on any atom is 0.262 e. The number of benzene rings is 2. The van der Waals surface area contributed by atoms with Crippen molar-refractivity contribution in [3.8, 4) is 5.75 Å². The average Bonchev–Trinajstić information content (AvgIpc) is 2.43. The number of anilines is 2. The maximum absolute atomic E-state index is 11.8. The highest BCUT2D eigenvalue weighted by Gasteiger charge is 2.08. The van der Waals surface area contributed by atoms with E-state index in [-0.39, 0.29) is 12.5 Å². The van der Waals surface area contributed by atoms with Crippen LogP contribution in [0.25, 0.3) is 0 Å². The summed E-state index contributed by atoms with van der Waals surface area (Å²) in [6.07, 6.45) is 0. The third-order valence-electron chi connectivity index (χ3n) is 2.82. The highest BCUT2D eigenvalue weighted by molar-refractivity contribution is 6.31. The summed E-state index contributed by atoms with van der Waals surface area (Å²) < 4.78 is 5.37. The third kappa shape index (κ3) is 3.42. The van der Waals surface area contributed by atoms with E-state index < -0.39 is 0 Å². The molecule has 2 aromatic carbocycles. The monoisotopic (exact) mass is 290 g/mol. The molecule has 0 bridgehead atoms. The first-order chi connectivity index (χ1) is 9.58. The van der Waals surface area contributed by atoms with Crippen LogP contribution in [0.2, 0.25) is 5.02 Å². The Bertz CT molecular complexity index is 629. The van der Waals surface area contributed by atoms with Crippen LogP contribution in [0.4, 0.5) is 11.4 Å². The van der Waals surface area contributed by atoms with Crippen molar-refractivity contribution in [1.82, 2.24) is 0 Å². The fraction of sp³-hybridized carbons (Fsp3) is 0.133. The Morgan fingerprint density at radius 1 is 1.25 bits per heavy atom. The van der Waals surface area contributed by atoms with E-state index in [1.165, 1.54) is 0 Å². The lowest BCUT2D eigenvalue weighted by molar-refractivity contribution is -0.118. The van der Waals surface area contributed by atoms with Gasteiger partial charge < -0.3 is 15.8 Å². The molecule has 0 saturated carbocycles. The number of nitrogens with two attached hydrogens (primary N) is 1. The van der Waals surface area contributed by atoms with Crippen molar-refractivity contribution in [2.45, 2.75) is 6.92 Å². The lowest BCUT2D eigenvalue weighted by atomic mass is 10.2. The molecule has 0 aliphatic heterocycles. The molecule has 1 amide bonds. The molecule has 4 nitrogen and oxygen atoms in total. The van der Waals surface area contributed by atoms with Gasteiger partial charge >= 0.3 is 0 Å². The Morgan fingerprint density at radius 3 is 2.75 bits per heavy atom. The lowest BCUT2D eigenvalue weighted by Gasteiger charge is -2.11. The second kappa shape index (κ2) is 6.30. The fourth-order valence-electron chi connectivity index (χ4n) is 1.68. The van der Waals surface area contributed by atoms with Crippen molar-refractivity contribution in [1.29, 1.82) is 0 Å². The van der Waals surface area contributed by atoms with E-state index in [9.17, 15) is 4.79 Å². The molecular formula is C15H15ClN2O2. The highest BCUT2D eigenvalue weighted by atomic mass is 35.5. The number of nitrogen functional groups attached to an aromatic ring is 1. The number of hydrogen-bond acceptors (Lipinski definition) is 3. The van der Waals surface area contributed by atoms with Crippen LogP contribution in [-0.2, 0) is 4.79 Å². The Hall–Kier alpha value is -2.20. The second-order valence-corrected chi connectivity index (χ2v) is 4.69. The van der Waals surface area contributed by atoms with Crippen LogP contribution in [0.1, 0.15) is 5.56 Å². The molecule has 0 fully saturated rings. The molecule has 0 aliphatic rings. The van der Waals surface area contributed by atoms with E-state index in [0.29, 0.717) is 22.1 Å². The average molecular weight is 291 g/mol. The number of rotatable bonds is 4. The summed E-state index contributed by atoms with van der Waals surface area (Å²) in [6.45, 7) is 1.73. The Balaban J connectivity index is 1.96. The number of halogens is 1. The first kappa shape index (κ1) is 14.2. The molecule has 5 heteroatoms. The minimum atomic E-state index is -0.265. The van der Waals surface area contributed by atoms with E-state index in [2.05, 4.69) is 5.32 Å². The summed E-state index contributed by atoms with van der Waals surface area (Å²) in [4.78, 5) is 11.8. The largest absolute Gasteiger partial charge is 0.482 e. The molecule has 0 spiro atoms. The summed E-state index contributed by atoms with van der Waals surface area (Å²) >= 11 is 5.99. The summed E-state index contributed by atoms with van der Waals surface area (Å²) in [5, 5.41) is 3.36. The van der Waals surface area contributed by atoms with E-state index in [0.717, 1.165) is 5.56 Å². The van der Waals surface area contributed by atoms with Crippen LogP contribution < -0.4 is 15.8 Å². The number of para-hydroxylation sites is 2. The molecule has 0 atom stereocenters.